The van der Waals surface area contributed by atoms with Crippen LogP contribution in [0.4, 0.5) is 0 Å². The zero-order valence-corrected chi connectivity index (χ0v) is 11.2. The summed E-state index contributed by atoms with van der Waals surface area (Å²) in [6.07, 6.45) is 8.67. The van der Waals surface area contributed by atoms with Crippen molar-refractivity contribution in [2.24, 2.45) is 5.73 Å². The Hall–Kier alpha value is -0.650. The van der Waals surface area contributed by atoms with Gasteiger partial charge in [-0.25, -0.2) is 10.3 Å². The molecule has 1 aliphatic rings. The standard InChI is InChI=1S/C13H26N2O3/c14-10-6-3-1-2-4-8-12(16)15-18-13-9-5-7-11-17-13/h13H,1-11,14H2,(H,15,16). The van der Waals surface area contributed by atoms with E-state index in [2.05, 4.69) is 5.48 Å². The van der Waals surface area contributed by atoms with Crippen LogP contribution in [0.25, 0.3) is 0 Å². The Morgan fingerprint density at radius 2 is 2.00 bits per heavy atom. The summed E-state index contributed by atoms with van der Waals surface area (Å²) in [5.74, 6) is -0.0528. The van der Waals surface area contributed by atoms with Crippen molar-refractivity contribution in [1.82, 2.24) is 5.48 Å². The van der Waals surface area contributed by atoms with Gasteiger partial charge in [0.05, 0.1) is 0 Å². The molecule has 0 spiro atoms. The summed E-state index contributed by atoms with van der Waals surface area (Å²) in [5, 5.41) is 0. The monoisotopic (exact) mass is 258 g/mol. The third-order valence-corrected chi connectivity index (χ3v) is 3.05. The fourth-order valence-corrected chi connectivity index (χ4v) is 1.95. The molecule has 1 fully saturated rings. The van der Waals surface area contributed by atoms with E-state index in [1.807, 2.05) is 0 Å². The van der Waals surface area contributed by atoms with E-state index in [0.29, 0.717) is 6.42 Å². The number of hydrogen-bond donors (Lipinski definition) is 2. The molecule has 5 heteroatoms. The van der Waals surface area contributed by atoms with Crippen molar-refractivity contribution in [3.8, 4) is 0 Å². The molecular formula is C13H26N2O3. The van der Waals surface area contributed by atoms with E-state index in [0.717, 1.165) is 64.5 Å². The van der Waals surface area contributed by atoms with E-state index in [-0.39, 0.29) is 12.2 Å². The lowest BCUT2D eigenvalue weighted by Gasteiger charge is -2.22. The van der Waals surface area contributed by atoms with Crippen molar-refractivity contribution in [2.75, 3.05) is 13.2 Å². The molecule has 106 valence electrons. The number of hydrogen-bond acceptors (Lipinski definition) is 4. The van der Waals surface area contributed by atoms with E-state index < -0.39 is 0 Å². The van der Waals surface area contributed by atoms with Crippen LogP contribution >= 0.6 is 0 Å². The first-order valence-electron chi connectivity index (χ1n) is 7.09. The van der Waals surface area contributed by atoms with Gasteiger partial charge in [0.25, 0.3) is 0 Å². The summed E-state index contributed by atoms with van der Waals surface area (Å²) in [7, 11) is 0. The highest BCUT2D eigenvalue weighted by Gasteiger charge is 2.15. The number of hydroxylamine groups is 1. The summed E-state index contributed by atoms with van der Waals surface area (Å²) in [5.41, 5.74) is 7.88. The van der Waals surface area contributed by atoms with Crippen LogP contribution in [0.2, 0.25) is 0 Å². The molecule has 18 heavy (non-hydrogen) atoms. The molecule has 0 aliphatic carbocycles. The average molecular weight is 258 g/mol. The van der Waals surface area contributed by atoms with Crippen LogP contribution < -0.4 is 11.2 Å². The smallest absolute Gasteiger partial charge is 0.243 e. The van der Waals surface area contributed by atoms with Gasteiger partial charge in [0.2, 0.25) is 5.91 Å². The zero-order chi connectivity index (χ0) is 13.1. The van der Waals surface area contributed by atoms with Crippen LogP contribution in [-0.4, -0.2) is 25.3 Å². The van der Waals surface area contributed by atoms with E-state index >= 15 is 0 Å². The molecule has 1 rings (SSSR count). The van der Waals surface area contributed by atoms with Gasteiger partial charge in [0.15, 0.2) is 6.29 Å². The average Bonchev–Trinajstić information content (AvgIpc) is 2.41. The number of carbonyl (C=O) groups is 1. The van der Waals surface area contributed by atoms with Crippen LogP contribution in [0.5, 0.6) is 0 Å². The second kappa shape index (κ2) is 10.3. The Morgan fingerprint density at radius 3 is 2.72 bits per heavy atom. The largest absolute Gasteiger partial charge is 0.350 e. The number of nitrogens with one attached hydrogen (secondary N) is 1. The number of carbonyl (C=O) groups excluding carboxylic acids is 1. The van der Waals surface area contributed by atoms with Crippen molar-refractivity contribution >= 4 is 5.91 Å². The first kappa shape index (κ1) is 15.4. The summed E-state index contributed by atoms with van der Waals surface area (Å²) in [4.78, 5) is 16.7. The maximum absolute atomic E-state index is 11.5. The summed E-state index contributed by atoms with van der Waals surface area (Å²) < 4.78 is 5.35. The van der Waals surface area contributed by atoms with Gasteiger partial charge < -0.3 is 10.5 Å². The van der Waals surface area contributed by atoms with Crippen LogP contribution in [0.15, 0.2) is 0 Å². The minimum atomic E-state index is -0.257. The van der Waals surface area contributed by atoms with Gasteiger partial charge in [-0.2, -0.15) is 0 Å². The fourth-order valence-electron chi connectivity index (χ4n) is 1.95. The molecule has 0 radical (unpaired) electrons. The first-order valence-corrected chi connectivity index (χ1v) is 7.09. The Labute approximate surface area is 109 Å². The highest BCUT2D eigenvalue weighted by molar-refractivity contribution is 5.74. The third kappa shape index (κ3) is 7.63. The van der Waals surface area contributed by atoms with Gasteiger partial charge in [-0.1, -0.05) is 19.3 Å². The number of rotatable bonds is 9. The van der Waals surface area contributed by atoms with Crippen LogP contribution in [-0.2, 0) is 14.4 Å². The lowest BCUT2D eigenvalue weighted by Crippen LogP contribution is -2.32. The van der Waals surface area contributed by atoms with Crippen molar-refractivity contribution in [1.29, 1.82) is 0 Å². The molecule has 0 bridgehead atoms. The maximum Gasteiger partial charge on any atom is 0.243 e. The molecule has 1 saturated heterocycles. The maximum atomic E-state index is 11.5. The van der Waals surface area contributed by atoms with Gasteiger partial charge in [-0.05, 0) is 32.2 Å². The van der Waals surface area contributed by atoms with Crippen LogP contribution in [0.1, 0.15) is 57.8 Å². The van der Waals surface area contributed by atoms with Crippen LogP contribution in [0, 0.1) is 0 Å². The van der Waals surface area contributed by atoms with E-state index in [9.17, 15) is 4.79 Å². The molecule has 1 aliphatic heterocycles. The van der Waals surface area contributed by atoms with Crippen molar-refractivity contribution in [3.05, 3.63) is 0 Å². The van der Waals surface area contributed by atoms with E-state index in [1.165, 1.54) is 0 Å². The number of unbranched alkanes of at least 4 members (excludes halogenated alkanes) is 4. The normalized spacial score (nSPS) is 19.7. The second-order valence-electron chi connectivity index (χ2n) is 4.75. The highest BCUT2D eigenvalue weighted by atomic mass is 16.8. The third-order valence-electron chi connectivity index (χ3n) is 3.05. The molecule has 0 aromatic carbocycles. The molecule has 1 unspecified atom stereocenters. The molecule has 0 aromatic rings. The molecular weight excluding hydrogens is 232 g/mol. The molecule has 3 N–H and O–H groups in total. The minimum absolute atomic E-state index is 0.0528. The summed E-state index contributed by atoms with van der Waals surface area (Å²) >= 11 is 0. The number of ether oxygens (including phenoxy) is 1. The van der Waals surface area contributed by atoms with E-state index in [4.69, 9.17) is 15.3 Å². The first-order chi connectivity index (χ1) is 8.83. The van der Waals surface area contributed by atoms with Crippen molar-refractivity contribution < 1.29 is 14.4 Å². The van der Waals surface area contributed by atoms with Gasteiger partial charge >= 0.3 is 0 Å². The molecule has 0 saturated carbocycles. The molecule has 1 atom stereocenters. The van der Waals surface area contributed by atoms with Gasteiger partial charge in [0, 0.05) is 19.4 Å². The highest BCUT2D eigenvalue weighted by Crippen LogP contribution is 2.12. The number of nitrogens with two attached hydrogens (primary N) is 1. The SMILES string of the molecule is NCCCCCCCC(=O)NOC1CCCCO1. The van der Waals surface area contributed by atoms with E-state index in [1.54, 1.807) is 0 Å². The number of amides is 1. The lowest BCUT2D eigenvalue weighted by atomic mass is 10.1. The van der Waals surface area contributed by atoms with Gasteiger partial charge in [-0.3, -0.25) is 4.79 Å². The zero-order valence-electron chi connectivity index (χ0n) is 11.2. The van der Waals surface area contributed by atoms with Gasteiger partial charge in [0.1, 0.15) is 0 Å². The quantitative estimate of drug-likeness (QED) is 0.489. The van der Waals surface area contributed by atoms with Crippen molar-refractivity contribution in [2.45, 2.75) is 64.1 Å². The summed E-state index contributed by atoms with van der Waals surface area (Å²) in [6, 6.07) is 0. The summed E-state index contributed by atoms with van der Waals surface area (Å²) in [6.45, 7) is 1.48. The Kier molecular flexibility index (Phi) is 8.81. The molecule has 1 amide bonds. The molecule has 5 nitrogen and oxygen atoms in total. The topological polar surface area (TPSA) is 73.6 Å². The molecule has 0 aromatic heterocycles. The predicted molar refractivity (Wildman–Crippen MR) is 69.6 cm³/mol. The van der Waals surface area contributed by atoms with Crippen molar-refractivity contribution in [3.63, 3.8) is 0 Å². The predicted octanol–water partition coefficient (Wildman–Crippen LogP) is 1.86. The van der Waals surface area contributed by atoms with Gasteiger partial charge in [-0.15, -0.1) is 0 Å². The Balaban J connectivity index is 1.90. The lowest BCUT2D eigenvalue weighted by molar-refractivity contribution is -0.200. The minimum Gasteiger partial charge on any atom is -0.350 e. The Morgan fingerprint density at radius 1 is 1.22 bits per heavy atom. The van der Waals surface area contributed by atoms with Crippen LogP contribution in [0.3, 0.4) is 0 Å². The molecule has 1 heterocycles. The Bertz CT molecular complexity index is 218. The second-order valence-corrected chi connectivity index (χ2v) is 4.75. The fraction of sp³-hybridized carbons (Fsp3) is 0.923.